The molecule has 0 amide bonds. The second kappa shape index (κ2) is 4.56. The van der Waals surface area contributed by atoms with E-state index in [-0.39, 0.29) is 5.60 Å². The smallest absolute Gasteiger partial charge is 0.149 e. The Balaban J connectivity index is 2.50. The molecule has 1 aromatic carbocycles. The zero-order valence-electron chi connectivity index (χ0n) is 13.1. The fourth-order valence-corrected chi connectivity index (χ4v) is 2.88. The molecular formula is C18H24O. The SMILES string of the molecule is CC1=C(C)C(C)(Oc2c(C)cccc2C)C(C)=C1C. The van der Waals surface area contributed by atoms with Crippen molar-refractivity contribution in [2.75, 3.05) is 0 Å². The van der Waals surface area contributed by atoms with Crippen LogP contribution in [0.3, 0.4) is 0 Å². The third kappa shape index (κ3) is 2.01. The van der Waals surface area contributed by atoms with Gasteiger partial charge in [-0.15, -0.1) is 0 Å². The zero-order valence-corrected chi connectivity index (χ0v) is 13.1. The van der Waals surface area contributed by atoms with E-state index in [1.54, 1.807) is 0 Å². The zero-order chi connectivity index (χ0) is 14.4. The number of ether oxygens (including phenoxy) is 1. The van der Waals surface area contributed by atoms with Crippen molar-refractivity contribution in [3.8, 4) is 5.75 Å². The van der Waals surface area contributed by atoms with Gasteiger partial charge in [-0.25, -0.2) is 0 Å². The molecule has 102 valence electrons. The molecule has 0 radical (unpaired) electrons. The highest BCUT2D eigenvalue weighted by Crippen LogP contribution is 2.43. The van der Waals surface area contributed by atoms with E-state index in [2.05, 4.69) is 66.7 Å². The average molecular weight is 256 g/mol. The molecular weight excluding hydrogens is 232 g/mol. The van der Waals surface area contributed by atoms with E-state index in [0.29, 0.717) is 0 Å². The van der Waals surface area contributed by atoms with E-state index in [1.807, 2.05) is 0 Å². The van der Waals surface area contributed by atoms with Crippen molar-refractivity contribution in [3.63, 3.8) is 0 Å². The molecule has 0 spiro atoms. The van der Waals surface area contributed by atoms with E-state index in [4.69, 9.17) is 4.74 Å². The fourth-order valence-electron chi connectivity index (χ4n) is 2.88. The number of rotatable bonds is 2. The van der Waals surface area contributed by atoms with E-state index >= 15 is 0 Å². The molecule has 1 nitrogen and oxygen atoms in total. The van der Waals surface area contributed by atoms with Crippen LogP contribution < -0.4 is 4.74 Å². The Morgan fingerprint density at radius 2 is 1.21 bits per heavy atom. The topological polar surface area (TPSA) is 9.23 Å². The molecule has 1 heteroatoms. The maximum atomic E-state index is 6.47. The van der Waals surface area contributed by atoms with Crippen molar-refractivity contribution in [1.82, 2.24) is 0 Å². The lowest BCUT2D eigenvalue weighted by Crippen LogP contribution is -2.34. The standard InChI is InChI=1S/C18H24O/c1-11-9-8-10-12(2)17(11)19-18(7)15(5)13(3)14(4)16(18)6/h8-10H,1-7H3. The number of hydrogen-bond acceptors (Lipinski definition) is 1. The Kier molecular flexibility index (Phi) is 3.34. The van der Waals surface area contributed by atoms with Crippen molar-refractivity contribution >= 4 is 0 Å². The molecule has 0 heterocycles. The molecule has 0 unspecified atom stereocenters. The van der Waals surface area contributed by atoms with Crippen LogP contribution >= 0.6 is 0 Å². The molecule has 0 atom stereocenters. The van der Waals surface area contributed by atoms with Crippen LogP contribution in [0.4, 0.5) is 0 Å². The highest BCUT2D eigenvalue weighted by Gasteiger charge is 2.38. The van der Waals surface area contributed by atoms with Gasteiger partial charge in [0, 0.05) is 0 Å². The molecule has 0 fully saturated rings. The number of para-hydroxylation sites is 1. The van der Waals surface area contributed by atoms with Crippen LogP contribution in [0.1, 0.15) is 45.7 Å². The lowest BCUT2D eigenvalue weighted by Gasteiger charge is -2.32. The van der Waals surface area contributed by atoms with Crippen molar-refractivity contribution in [3.05, 3.63) is 51.6 Å². The first-order chi connectivity index (χ1) is 8.79. The molecule has 0 saturated carbocycles. The summed E-state index contributed by atoms with van der Waals surface area (Å²) in [5.41, 5.74) is 7.48. The third-order valence-corrected chi connectivity index (χ3v) is 4.83. The van der Waals surface area contributed by atoms with Crippen molar-refractivity contribution < 1.29 is 4.74 Å². The quantitative estimate of drug-likeness (QED) is 0.713. The Morgan fingerprint density at radius 1 is 0.789 bits per heavy atom. The van der Waals surface area contributed by atoms with Crippen LogP contribution in [0, 0.1) is 13.8 Å². The summed E-state index contributed by atoms with van der Waals surface area (Å²) in [6, 6.07) is 6.30. The second-order valence-electron chi connectivity index (χ2n) is 5.86. The Morgan fingerprint density at radius 3 is 1.63 bits per heavy atom. The van der Waals surface area contributed by atoms with Crippen LogP contribution in [0.25, 0.3) is 0 Å². The van der Waals surface area contributed by atoms with Crippen molar-refractivity contribution in [2.24, 2.45) is 0 Å². The second-order valence-corrected chi connectivity index (χ2v) is 5.86. The van der Waals surface area contributed by atoms with Crippen LogP contribution in [-0.4, -0.2) is 5.60 Å². The Hall–Kier alpha value is -1.50. The van der Waals surface area contributed by atoms with Crippen LogP contribution in [-0.2, 0) is 0 Å². The van der Waals surface area contributed by atoms with Gasteiger partial charge in [0.25, 0.3) is 0 Å². The van der Waals surface area contributed by atoms with Gasteiger partial charge < -0.3 is 4.74 Å². The summed E-state index contributed by atoms with van der Waals surface area (Å²) in [6.07, 6.45) is 0. The lowest BCUT2D eigenvalue weighted by molar-refractivity contribution is 0.166. The predicted molar refractivity (Wildman–Crippen MR) is 81.7 cm³/mol. The summed E-state index contributed by atoms with van der Waals surface area (Å²) in [6.45, 7) is 15.1. The summed E-state index contributed by atoms with van der Waals surface area (Å²) < 4.78 is 6.47. The van der Waals surface area contributed by atoms with Crippen molar-refractivity contribution in [1.29, 1.82) is 0 Å². The molecule has 0 N–H and O–H groups in total. The largest absolute Gasteiger partial charge is 0.478 e. The molecule has 0 aromatic heterocycles. The van der Waals surface area contributed by atoms with Gasteiger partial charge in [-0.05, 0) is 81.9 Å². The number of benzene rings is 1. The summed E-state index contributed by atoms with van der Waals surface area (Å²) in [4.78, 5) is 0. The summed E-state index contributed by atoms with van der Waals surface area (Å²) in [5.74, 6) is 1.02. The molecule has 0 bridgehead atoms. The first kappa shape index (κ1) is 13.9. The predicted octanol–water partition coefficient (Wildman–Crippen LogP) is 5.13. The normalized spacial score (nSPS) is 18.3. The minimum atomic E-state index is -0.301. The summed E-state index contributed by atoms with van der Waals surface area (Å²) in [7, 11) is 0. The first-order valence-electron chi connectivity index (χ1n) is 6.90. The van der Waals surface area contributed by atoms with Gasteiger partial charge in [-0.3, -0.25) is 0 Å². The molecule has 0 saturated heterocycles. The summed E-state index contributed by atoms with van der Waals surface area (Å²) >= 11 is 0. The maximum Gasteiger partial charge on any atom is 0.149 e. The highest BCUT2D eigenvalue weighted by molar-refractivity contribution is 5.54. The number of aryl methyl sites for hydroxylation is 2. The maximum absolute atomic E-state index is 6.47. The van der Waals surface area contributed by atoms with Gasteiger partial charge in [0.15, 0.2) is 0 Å². The molecule has 1 aliphatic carbocycles. The molecule has 19 heavy (non-hydrogen) atoms. The third-order valence-electron chi connectivity index (χ3n) is 4.83. The molecule has 1 aromatic rings. The minimum Gasteiger partial charge on any atom is -0.478 e. The Labute approximate surface area is 117 Å². The van der Waals surface area contributed by atoms with Crippen LogP contribution in [0.5, 0.6) is 5.75 Å². The van der Waals surface area contributed by atoms with E-state index in [1.165, 1.54) is 33.4 Å². The van der Waals surface area contributed by atoms with Gasteiger partial charge in [0.2, 0.25) is 0 Å². The highest BCUT2D eigenvalue weighted by atomic mass is 16.5. The van der Waals surface area contributed by atoms with Crippen LogP contribution in [0.15, 0.2) is 40.5 Å². The first-order valence-corrected chi connectivity index (χ1v) is 6.90. The summed E-state index contributed by atoms with van der Waals surface area (Å²) in [5, 5.41) is 0. The average Bonchev–Trinajstić information content (AvgIpc) is 2.51. The fraction of sp³-hybridized carbons (Fsp3) is 0.444. The van der Waals surface area contributed by atoms with Gasteiger partial charge in [0.1, 0.15) is 11.4 Å². The molecule has 0 aliphatic heterocycles. The van der Waals surface area contributed by atoms with E-state index < -0.39 is 0 Å². The van der Waals surface area contributed by atoms with Gasteiger partial charge >= 0.3 is 0 Å². The minimum absolute atomic E-state index is 0.301. The molecule has 2 rings (SSSR count). The number of allylic oxidation sites excluding steroid dienone is 2. The Bertz CT molecular complexity index is 543. The van der Waals surface area contributed by atoms with E-state index in [0.717, 1.165) is 5.75 Å². The van der Waals surface area contributed by atoms with Gasteiger partial charge in [-0.1, -0.05) is 18.2 Å². The van der Waals surface area contributed by atoms with Gasteiger partial charge in [0.05, 0.1) is 0 Å². The number of hydrogen-bond donors (Lipinski definition) is 0. The van der Waals surface area contributed by atoms with E-state index in [9.17, 15) is 0 Å². The van der Waals surface area contributed by atoms with Crippen molar-refractivity contribution in [2.45, 2.75) is 54.1 Å². The van der Waals surface area contributed by atoms with Crippen LogP contribution in [0.2, 0.25) is 0 Å². The monoisotopic (exact) mass is 256 g/mol. The molecule has 1 aliphatic rings. The lowest BCUT2D eigenvalue weighted by atomic mass is 9.92. The van der Waals surface area contributed by atoms with Gasteiger partial charge in [-0.2, -0.15) is 0 Å².